The molecule has 4 heteroatoms. The molecule has 4 heterocycles. The number of fused-ring (bicyclic) bond motifs is 11. The van der Waals surface area contributed by atoms with Gasteiger partial charge < -0.3 is 4.57 Å². The summed E-state index contributed by atoms with van der Waals surface area (Å²) >= 11 is 3.76. The van der Waals surface area contributed by atoms with Gasteiger partial charge in [-0.2, -0.15) is 0 Å². The average Bonchev–Trinajstić information content (AvgIpc) is 3.55. The number of benzene rings is 7. The number of rotatable bonds is 3. The van der Waals surface area contributed by atoms with E-state index in [0.29, 0.717) is 0 Å². The first-order chi connectivity index (χ1) is 25.8. The van der Waals surface area contributed by atoms with Crippen molar-refractivity contribution in [3.05, 3.63) is 204 Å². The highest BCUT2D eigenvalue weighted by molar-refractivity contribution is 8.00. The van der Waals surface area contributed by atoms with Gasteiger partial charge in [0.2, 0.25) is 0 Å². The van der Waals surface area contributed by atoms with Gasteiger partial charge in [0.25, 0.3) is 0 Å². The second-order valence-electron chi connectivity index (χ2n) is 13.5. The van der Waals surface area contributed by atoms with Crippen molar-refractivity contribution in [2.24, 2.45) is 0 Å². The Kier molecular flexibility index (Phi) is 6.67. The Morgan fingerprint density at radius 2 is 1.02 bits per heavy atom. The van der Waals surface area contributed by atoms with E-state index in [1.165, 1.54) is 80.5 Å². The third-order valence-corrected chi connectivity index (χ3v) is 13.1. The number of nitrogens with zero attached hydrogens (tertiary/aromatic N) is 2. The summed E-state index contributed by atoms with van der Waals surface area (Å²) in [5, 5.41) is 2.52. The second kappa shape index (κ2) is 11.6. The monoisotopic (exact) mass is 698 g/mol. The number of hydrogen-bond donors (Lipinski definition) is 0. The molecule has 7 aromatic carbocycles. The van der Waals surface area contributed by atoms with Crippen molar-refractivity contribution in [3.8, 4) is 28.1 Å². The van der Waals surface area contributed by atoms with Crippen molar-refractivity contribution < 1.29 is 0 Å². The summed E-state index contributed by atoms with van der Waals surface area (Å²) < 4.78 is 2.39. The van der Waals surface area contributed by atoms with E-state index in [4.69, 9.17) is 4.98 Å². The lowest BCUT2D eigenvalue weighted by Gasteiger charge is -2.45. The highest BCUT2D eigenvalue weighted by Crippen LogP contribution is 2.62. The SMILES string of the molecule is c1ccc(-n2c3ccccc3c3cc(-c4ccc5c(c4)C4(c6ccccc6Sc6cc(-c7ccccn7)ccc64)c4ccccc4S5)ccc32)cc1. The van der Waals surface area contributed by atoms with Gasteiger partial charge in [-0.05, 0) is 106 Å². The van der Waals surface area contributed by atoms with Crippen LogP contribution in [0.3, 0.4) is 0 Å². The normalized spacial score (nSPS) is 15.6. The number of hydrogen-bond acceptors (Lipinski definition) is 3. The molecule has 0 N–H and O–H groups in total. The lowest BCUT2D eigenvalue weighted by atomic mass is 9.64. The Balaban J connectivity index is 1.16. The summed E-state index contributed by atoms with van der Waals surface area (Å²) in [7, 11) is 0. The van der Waals surface area contributed by atoms with Crippen molar-refractivity contribution >= 4 is 45.3 Å². The minimum atomic E-state index is -0.486. The summed E-state index contributed by atoms with van der Waals surface area (Å²) in [5.74, 6) is 0. The van der Waals surface area contributed by atoms with Gasteiger partial charge in [0, 0.05) is 47.8 Å². The van der Waals surface area contributed by atoms with Crippen molar-refractivity contribution in [1.82, 2.24) is 9.55 Å². The van der Waals surface area contributed by atoms with Gasteiger partial charge in [-0.15, -0.1) is 0 Å². The van der Waals surface area contributed by atoms with Gasteiger partial charge in [0.15, 0.2) is 0 Å². The molecule has 1 atom stereocenters. The van der Waals surface area contributed by atoms with E-state index < -0.39 is 5.41 Å². The van der Waals surface area contributed by atoms with Crippen LogP contribution in [0.15, 0.2) is 202 Å². The molecule has 52 heavy (non-hydrogen) atoms. The van der Waals surface area contributed by atoms with Gasteiger partial charge in [0.05, 0.1) is 22.1 Å². The van der Waals surface area contributed by atoms with E-state index in [1.807, 2.05) is 35.8 Å². The molecule has 0 saturated heterocycles. The Morgan fingerprint density at radius 3 is 1.83 bits per heavy atom. The van der Waals surface area contributed by atoms with E-state index >= 15 is 0 Å². The zero-order chi connectivity index (χ0) is 34.2. The summed E-state index contributed by atoms with van der Waals surface area (Å²) in [6.07, 6.45) is 1.88. The molecule has 1 spiro atoms. The van der Waals surface area contributed by atoms with Crippen LogP contribution in [-0.2, 0) is 5.41 Å². The van der Waals surface area contributed by atoms with Crippen LogP contribution < -0.4 is 0 Å². The van der Waals surface area contributed by atoms with Crippen LogP contribution in [0.2, 0.25) is 0 Å². The maximum absolute atomic E-state index is 4.71. The van der Waals surface area contributed by atoms with Crippen LogP contribution in [0.1, 0.15) is 22.3 Å². The number of aromatic nitrogens is 2. The van der Waals surface area contributed by atoms with E-state index in [0.717, 1.165) is 11.3 Å². The predicted octanol–water partition coefficient (Wildman–Crippen LogP) is 12.8. The molecular formula is C48H30N2S2. The zero-order valence-corrected chi connectivity index (χ0v) is 29.7. The van der Waals surface area contributed by atoms with Crippen molar-refractivity contribution in [3.63, 3.8) is 0 Å². The first kappa shape index (κ1) is 29.9. The van der Waals surface area contributed by atoms with E-state index in [9.17, 15) is 0 Å². The van der Waals surface area contributed by atoms with Crippen molar-refractivity contribution in [1.29, 1.82) is 0 Å². The van der Waals surface area contributed by atoms with Crippen LogP contribution in [0.4, 0.5) is 0 Å². The molecule has 0 fully saturated rings. The minimum absolute atomic E-state index is 0.486. The lowest BCUT2D eigenvalue weighted by Crippen LogP contribution is -2.36. The molecule has 1 unspecified atom stereocenters. The van der Waals surface area contributed by atoms with E-state index in [2.05, 4.69) is 174 Å². The molecule has 2 aromatic heterocycles. The van der Waals surface area contributed by atoms with Crippen molar-refractivity contribution in [2.75, 3.05) is 0 Å². The molecule has 2 aliphatic rings. The first-order valence-corrected chi connectivity index (χ1v) is 19.2. The summed E-state index contributed by atoms with van der Waals surface area (Å²) in [6, 6.07) is 64.8. The van der Waals surface area contributed by atoms with Crippen LogP contribution in [-0.4, -0.2) is 9.55 Å². The average molecular weight is 699 g/mol. The highest BCUT2D eigenvalue weighted by Gasteiger charge is 2.48. The summed E-state index contributed by atoms with van der Waals surface area (Å²) in [5.41, 5.74) is 13.0. The van der Waals surface area contributed by atoms with Crippen molar-refractivity contribution in [2.45, 2.75) is 25.0 Å². The van der Waals surface area contributed by atoms with E-state index in [-0.39, 0.29) is 0 Å². The predicted molar refractivity (Wildman–Crippen MR) is 216 cm³/mol. The van der Waals surface area contributed by atoms with Crippen LogP contribution in [0.5, 0.6) is 0 Å². The third kappa shape index (κ3) is 4.32. The molecule has 2 nitrogen and oxygen atoms in total. The second-order valence-corrected chi connectivity index (χ2v) is 15.7. The summed E-state index contributed by atoms with van der Waals surface area (Å²) in [6.45, 7) is 0. The molecular weight excluding hydrogens is 669 g/mol. The maximum atomic E-state index is 4.71. The highest BCUT2D eigenvalue weighted by atomic mass is 32.2. The molecule has 11 rings (SSSR count). The number of para-hydroxylation sites is 2. The Bertz CT molecular complexity index is 2850. The quantitative estimate of drug-likeness (QED) is 0.183. The van der Waals surface area contributed by atoms with Gasteiger partial charge in [-0.1, -0.05) is 127 Å². The third-order valence-electron chi connectivity index (χ3n) is 10.8. The van der Waals surface area contributed by atoms with Gasteiger partial charge in [0.1, 0.15) is 0 Å². The maximum Gasteiger partial charge on any atom is 0.0745 e. The fraction of sp³-hybridized carbons (Fsp3) is 0.0208. The number of pyridine rings is 1. The van der Waals surface area contributed by atoms with Crippen LogP contribution in [0.25, 0.3) is 49.9 Å². The molecule has 9 aromatic rings. The molecule has 0 radical (unpaired) electrons. The molecule has 0 bridgehead atoms. The molecule has 0 saturated carbocycles. The fourth-order valence-corrected chi connectivity index (χ4v) is 11.0. The molecule has 244 valence electrons. The smallest absolute Gasteiger partial charge is 0.0745 e. The Labute approximate surface area is 310 Å². The molecule has 0 amide bonds. The molecule has 2 aliphatic heterocycles. The van der Waals surface area contributed by atoms with E-state index in [1.54, 1.807) is 0 Å². The minimum Gasteiger partial charge on any atom is -0.309 e. The van der Waals surface area contributed by atoms with Crippen LogP contribution in [0, 0.1) is 0 Å². The Hall–Kier alpha value is -5.81. The van der Waals surface area contributed by atoms with Gasteiger partial charge in [-0.3, -0.25) is 4.98 Å². The first-order valence-electron chi connectivity index (χ1n) is 17.6. The Morgan fingerprint density at radius 1 is 0.404 bits per heavy atom. The van der Waals surface area contributed by atoms with Crippen LogP contribution >= 0.6 is 23.5 Å². The summed E-state index contributed by atoms with van der Waals surface area (Å²) in [4.78, 5) is 9.88. The van der Waals surface area contributed by atoms with Gasteiger partial charge in [-0.25, -0.2) is 0 Å². The topological polar surface area (TPSA) is 17.8 Å². The zero-order valence-electron chi connectivity index (χ0n) is 28.0. The largest absolute Gasteiger partial charge is 0.309 e. The lowest BCUT2D eigenvalue weighted by molar-refractivity contribution is 0.667. The van der Waals surface area contributed by atoms with Gasteiger partial charge >= 0.3 is 0 Å². The molecule has 0 aliphatic carbocycles. The fourth-order valence-electron chi connectivity index (χ4n) is 8.55. The standard InChI is InChI=1S/C48H30N2S2/c1-2-12-34(13-3-1)50-42-18-7-4-14-35(42)36-28-31(22-25-43(36)50)32-23-26-46-40(29-32)48(37-15-5-8-19-44(37)51-46)38-16-6-9-20-45(38)52-47-30-33(21-24-39(47)48)41-17-10-11-27-49-41/h1-30H.